The van der Waals surface area contributed by atoms with Gasteiger partial charge in [-0.2, -0.15) is 0 Å². The maximum atomic E-state index is 12.0. The third-order valence-electron chi connectivity index (χ3n) is 3.82. The van der Waals surface area contributed by atoms with E-state index in [2.05, 4.69) is 21.1 Å². The molecule has 5 nitrogen and oxygen atoms in total. The third-order valence-corrected chi connectivity index (χ3v) is 4.33. The maximum absolute atomic E-state index is 12.0. The Hall–Kier alpha value is -1.27. The van der Waals surface area contributed by atoms with Crippen molar-refractivity contribution in [2.24, 2.45) is 5.41 Å². The largest absolute Gasteiger partial charge is 0.336 e. The highest BCUT2D eigenvalue weighted by Gasteiger charge is 2.49. The summed E-state index contributed by atoms with van der Waals surface area (Å²) >= 11 is 1.22. The van der Waals surface area contributed by atoms with E-state index < -0.39 is 0 Å². The van der Waals surface area contributed by atoms with Crippen molar-refractivity contribution < 1.29 is 4.79 Å². The summed E-state index contributed by atoms with van der Waals surface area (Å²) in [5.41, 5.74) is 0.804. The van der Waals surface area contributed by atoms with Crippen LogP contribution in [0.3, 0.4) is 0 Å². The Morgan fingerprint density at radius 2 is 2.39 bits per heavy atom. The van der Waals surface area contributed by atoms with E-state index in [1.807, 2.05) is 11.0 Å². The molecule has 6 heteroatoms. The molecule has 2 saturated heterocycles. The molecule has 0 aromatic carbocycles. The number of aromatic nitrogens is 2. The molecule has 2 fully saturated rings. The van der Waals surface area contributed by atoms with Gasteiger partial charge in [0.2, 0.25) is 0 Å². The summed E-state index contributed by atoms with van der Waals surface area (Å²) in [7, 11) is 0. The Bertz CT molecular complexity index is 453. The molecule has 1 spiro atoms. The van der Waals surface area contributed by atoms with E-state index in [1.165, 1.54) is 18.0 Å². The predicted octanol–water partition coefficient (Wildman–Crippen LogP) is 0.872. The van der Waals surface area contributed by atoms with Crippen LogP contribution in [0.15, 0.2) is 18.0 Å². The molecule has 0 aliphatic carbocycles. The fraction of sp³-hybridized carbons (Fsp3) is 0.583. The predicted molar refractivity (Wildman–Crippen MR) is 69.5 cm³/mol. The van der Waals surface area contributed by atoms with Gasteiger partial charge in [0.25, 0.3) is 5.91 Å². The smallest absolute Gasteiger partial charge is 0.275 e. The first-order valence-electron chi connectivity index (χ1n) is 6.12. The van der Waals surface area contributed by atoms with Gasteiger partial charge in [0.05, 0.1) is 0 Å². The van der Waals surface area contributed by atoms with E-state index in [9.17, 15) is 4.79 Å². The molecular formula is C12H16N4OS. The average molecular weight is 264 g/mol. The number of amides is 1. The number of nitrogens with zero attached hydrogens (tertiary/aromatic N) is 4. The van der Waals surface area contributed by atoms with Gasteiger partial charge in [0.15, 0.2) is 5.69 Å². The van der Waals surface area contributed by atoms with Gasteiger partial charge in [-0.25, -0.2) is 0 Å². The van der Waals surface area contributed by atoms with Gasteiger partial charge in [-0.05, 0) is 24.5 Å². The van der Waals surface area contributed by atoms with Crippen LogP contribution in [-0.4, -0.2) is 58.0 Å². The van der Waals surface area contributed by atoms with Gasteiger partial charge in [-0.1, -0.05) is 10.6 Å². The number of carbonyl (C=O) groups is 1. The average Bonchev–Trinajstić information content (AvgIpc) is 2.95. The minimum atomic E-state index is 0.0246. The standard InChI is InChI=1S/C12H16N4OS/c1-2-4-15-5-3-12(7-15)8-16(9-12)11(17)10-6-18-14-13-10/h2,6H,1,3-5,7-9H2. The Kier molecular flexibility index (Phi) is 2.91. The fourth-order valence-electron chi connectivity index (χ4n) is 2.95. The molecule has 2 aliphatic heterocycles. The third kappa shape index (κ3) is 1.95. The number of rotatable bonds is 3. The summed E-state index contributed by atoms with van der Waals surface area (Å²) in [6.07, 6.45) is 3.13. The number of likely N-dealkylation sites (tertiary alicyclic amines) is 2. The second kappa shape index (κ2) is 4.44. The Labute approximate surface area is 110 Å². The van der Waals surface area contributed by atoms with Crippen LogP contribution in [0, 0.1) is 5.41 Å². The molecule has 1 amide bonds. The molecule has 0 unspecified atom stereocenters. The maximum Gasteiger partial charge on any atom is 0.275 e. The van der Waals surface area contributed by atoms with Crippen LogP contribution in [0.2, 0.25) is 0 Å². The minimum absolute atomic E-state index is 0.0246. The van der Waals surface area contributed by atoms with Crippen molar-refractivity contribution >= 4 is 17.4 Å². The molecule has 0 saturated carbocycles. The lowest BCUT2D eigenvalue weighted by atomic mass is 9.79. The van der Waals surface area contributed by atoms with Gasteiger partial charge in [-0.15, -0.1) is 11.7 Å². The van der Waals surface area contributed by atoms with Crippen LogP contribution in [0.4, 0.5) is 0 Å². The van der Waals surface area contributed by atoms with E-state index in [4.69, 9.17) is 0 Å². The fourth-order valence-corrected chi connectivity index (χ4v) is 3.38. The first-order valence-corrected chi connectivity index (χ1v) is 6.96. The molecule has 2 aliphatic rings. The summed E-state index contributed by atoms with van der Waals surface area (Å²) in [5.74, 6) is 0.0246. The summed E-state index contributed by atoms with van der Waals surface area (Å²) < 4.78 is 3.73. The van der Waals surface area contributed by atoms with Crippen molar-refractivity contribution in [3.05, 3.63) is 23.7 Å². The van der Waals surface area contributed by atoms with Crippen LogP contribution in [0.25, 0.3) is 0 Å². The van der Waals surface area contributed by atoms with Crippen molar-refractivity contribution in [1.82, 2.24) is 19.4 Å². The lowest BCUT2D eigenvalue weighted by Crippen LogP contribution is -2.59. The molecule has 0 atom stereocenters. The van der Waals surface area contributed by atoms with E-state index in [0.29, 0.717) is 11.1 Å². The van der Waals surface area contributed by atoms with Gasteiger partial charge in [0.1, 0.15) is 0 Å². The zero-order chi connectivity index (χ0) is 12.6. The SMILES string of the molecule is C=CCN1CCC2(C1)CN(C(=O)c1csnn1)C2. The van der Waals surface area contributed by atoms with Gasteiger partial charge in [0, 0.05) is 37.0 Å². The molecule has 3 heterocycles. The van der Waals surface area contributed by atoms with Gasteiger partial charge in [-0.3, -0.25) is 9.69 Å². The highest BCUT2D eigenvalue weighted by Crippen LogP contribution is 2.39. The van der Waals surface area contributed by atoms with Crippen LogP contribution in [0.5, 0.6) is 0 Å². The van der Waals surface area contributed by atoms with Crippen LogP contribution in [0.1, 0.15) is 16.9 Å². The van der Waals surface area contributed by atoms with E-state index in [0.717, 1.165) is 32.7 Å². The second-order valence-corrected chi connectivity index (χ2v) is 5.83. The van der Waals surface area contributed by atoms with Crippen LogP contribution >= 0.6 is 11.5 Å². The molecule has 3 rings (SSSR count). The van der Waals surface area contributed by atoms with Crippen molar-refractivity contribution in [1.29, 1.82) is 0 Å². The number of hydrogen-bond donors (Lipinski definition) is 0. The van der Waals surface area contributed by atoms with E-state index >= 15 is 0 Å². The monoisotopic (exact) mass is 264 g/mol. The van der Waals surface area contributed by atoms with Crippen LogP contribution in [-0.2, 0) is 0 Å². The number of hydrogen-bond acceptors (Lipinski definition) is 5. The first-order chi connectivity index (χ1) is 8.72. The van der Waals surface area contributed by atoms with E-state index in [1.54, 1.807) is 5.38 Å². The topological polar surface area (TPSA) is 49.3 Å². The molecule has 1 aromatic rings. The Balaban J connectivity index is 1.57. The molecule has 0 bridgehead atoms. The molecule has 0 N–H and O–H groups in total. The summed E-state index contributed by atoms with van der Waals surface area (Å²) in [6, 6.07) is 0. The summed E-state index contributed by atoms with van der Waals surface area (Å²) in [6.45, 7) is 8.64. The number of carbonyl (C=O) groups excluding carboxylic acids is 1. The molecule has 96 valence electrons. The lowest BCUT2D eigenvalue weighted by Gasteiger charge is -2.47. The lowest BCUT2D eigenvalue weighted by molar-refractivity contribution is 0.0108. The van der Waals surface area contributed by atoms with Crippen molar-refractivity contribution in [2.45, 2.75) is 6.42 Å². The van der Waals surface area contributed by atoms with Crippen molar-refractivity contribution in [3.63, 3.8) is 0 Å². The minimum Gasteiger partial charge on any atom is -0.336 e. The first kappa shape index (κ1) is 11.8. The van der Waals surface area contributed by atoms with Crippen molar-refractivity contribution in [2.75, 3.05) is 32.7 Å². The summed E-state index contributed by atoms with van der Waals surface area (Å²) in [4.78, 5) is 16.3. The van der Waals surface area contributed by atoms with Gasteiger partial charge >= 0.3 is 0 Å². The Morgan fingerprint density at radius 1 is 1.56 bits per heavy atom. The second-order valence-electron chi connectivity index (χ2n) is 5.23. The molecule has 1 aromatic heterocycles. The summed E-state index contributed by atoms with van der Waals surface area (Å²) in [5, 5.41) is 5.55. The van der Waals surface area contributed by atoms with Crippen molar-refractivity contribution in [3.8, 4) is 0 Å². The highest BCUT2D eigenvalue weighted by molar-refractivity contribution is 7.03. The van der Waals surface area contributed by atoms with E-state index in [-0.39, 0.29) is 5.91 Å². The normalized spacial score (nSPS) is 22.1. The molecular weight excluding hydrogens is 248 g/mol. The Morgan fingerprint density at radius 3 is 3.06 bits per heavy atom. The quantitative estimate of drug-likeness (QED) is 0.760. The van der Waals surface area contributed by atoms with Crippen LogP contribution < -0.4 is 0 Å². The molecule has 0 radical (unpaired) electrons. The zero-order valence-corrected chi connectivity index (χ0v) is 11.0. The highest BCUT2D eigenvalue weighted by atomic mass is 32.1. The molecule has 18 heavy (non-hydrogen) atoms. The van der Waals surface area contributed by atoms with Gasteiger partial charge < -0.3 is 4.90 Å². The zero-order valence-electron chi connectivity index (χ0n) is 10.2.